The molecule has 1 aromatic rings. The molecule has 0 aliphatic heterocycles. The third-order valence-electron chi connectivity index (χ3n) is 4.50. The van der Waals surface area contributed by atoms with Crippen LogP contribution in [-0.2, 0) is 6.42 Å². The van der Waals surface area contributed by atoms with Crippen LogP contribution in [0.15, 0.2) is 18.2 Å². The van der Waals surface area contributed by atoms with E-state index in [1.807, 2.05) is 18.2 Å². The number of methoxy groups -OCH3 is 2. The molecule has 0 heterocycles. The SMILES string of the molecule is COc1ccc(CC(O)C2CCC(C)CC2)cc1OC. The summed E-state index contributed by atoms with van der Waals surface area (Å²) in [7, 11) is 3.27. The van der Waals surface area contributed by atoms with Gasteiger partial charge in [0.25, 0.3) is 0 Å². The predicted molar refractivity (Wildman–Crippen MR) is 80.4 cm³/mol. The van der Waals surface area contributed by atoms with Crippen molar-refractivity contribution in [3.63, 3.8) is 0 Å². The Balaban J connectivity index is 1.98. The van der Waals surface area contributed by atoms with Crippen LogP contribution in [0.4, 0.5) is 0 Å². The van der Waals surface area contributed by atoms with Crippen molar-refractivity contribution in [3.05, 3.63) is 23.8 Å². The zero-order valence-corrected chi connectivity index (χ0v) is 12.8. The Morgan fingerprint density at radius 3 is 2.35 bits per heavy atom. The third kappa shape index (κ3) is 3.66. The maximum absolute atomic E-state index is 10.4. The van der Waals surface area contributed by atoms with E-state index in [0.717, 1.165) is 35.8 Å². The van der Waals surface area contributed by atoms with Crippen LogP contribution in [0.2, 0.25) is 0 Å². The minimum atomic E-state index is -0.249. The summed E-state index contributed by atoms with van der Waals surface area (Å²) in [5.74, 6) is 2.73. The van der Waals surface area contributed by atoms with Gasteiger partial charge in [-0.2, -0.15) is 0 Å². The van der Waals surface area contributed by atoms with Crippen LogP contribution in [0, 0.1) is 11.8 Å². The van der Waals surface area contributed by atoms with Gasteiger partial charge in [-0.15, -0.1) is 0 Å². The van der Waals surface area contributed by atoms with Gasteiger partial charge in [0, 0.05) is 0 Å². The Labute approximate surface area is 121 Å². The zero-order chi connectivity index (χ0) is 14.5. The summed E-state index contributed by atoms with van der Waals surface area (Å²) in [5.41, 5.74) is 1.11. The van der Waals surface area contributed by atoms with Crippen LogP contribution >= 0.6 is 0 Å². The summed E-state index contributed by atoms with van der Waals surface area (Å²) in [6.45, 7) is 2.30. The fraction of sp³-hybridized carbons (Fsp3) is 0.647. The van der Waals surface area contributed by atoms with Crippen molar-refractivity contribution in [2.24, 2.45) is 11.8 Å². The van der Waals surface area contributed by atoms with Crippen molar-refractivity contribution >= 4 is 0 Å². The highest BCUT2D eigenvalue weighted by atomic mass is 16.5. The first-order valence-corrected chi connectivity index (χ1v) is 7.53. The van der Waals surface area contributed by atoms with Gasteiger partial charge >= 0.3 is 0 Å². The molecule has 0 bridgehead atoms. The van der Waals surface area contributed by atoms with Gasteiger partial charge in [-0.1, -0.05) is 25.8 Å². The molecule has 0 amide bonds. The molecule has 0 aromatic heterocycles. The molecule has 0 saturated heterocycles. The van der Waals surface area contributed by atoms with Crippen LogP contribution in [-0.4, -0.2) is 25.4 Å². The molecule has 112 valence electrons. The monoisotopic (exact) mass is 278 g/mol. The fourth-order valence-corrected chi connectivity index (χ4v) is 3.09. The van der Waals surface area contributed by atoms with E-state index < -0.39 is 0 Å². The van der Waals surface area contributed by atoms with Crippen LogP contribution in [0.3, 0.4) is 0 Å². The van der Waals surface area contributed by atoms with E-state index >= 15 is 0 Å². The van der Waals surface area contributed by atoms with Crippen molar-refractivity contribution < 1.29 is 14.6 Å². The first kappa shape index (κ1) is 15.2. The van der Waals surface area contributed by atoms with Crippen LogP contribution in [0.25, 0.3) is 0 Å². The summed E-state index contributed by atoms with van der Waals surface area (Å²) < 4.78 is 10.5. The van der Waals surface area contributed by atoms with Crippen molar-refractivity contribution in [2.75, 3.05) is 14.2 Å². The molecule has 1 N–H and O–H groups in total. The molecule has 0 radical (unpaired) electrons. The maximum Gasteiger partial charge on any atom is 0.160 e. The number of aliphatic hydroxyl groups is 1. The smallest absolute Gasteiger partial charge is 0.160 e. The van der Waals surface area contributed by atoms with Gasteiger partial charge in [-0.05, 0) is 48.8 Å². The molecule has 2 rings (SSSR count). The summed E-state index contributed by atoms with van der Waals surface area (Å²) in [6.07, 6.45) is 5.23. The minimum Gasteiger partial charge on any atom is -0.493 e. The summed E-state index contributed by atoms with van der Waals surface area (Å²) in [4.78, 5) is 0. The lowest BCUT2D eigenvalue weighted by molar-refractivity contribution is 0.0760. The number of hydrogen-bond acceptors (Lipinski definition) is 3. The largest absolute Gasteiger partial charge is 0.493 e. The molecule has 3 heteroatoms. The maximum atomic E-state index is 10.4. The molecule has 1 atom stereocenters. The zero-order valence-electron chi connectivity index (χ0n) is 12.8. The van der Waals surface area contributed by atoms with E-state index in [2.05, 4.69) is 6.92 Å². The van der Waals surface area contributed by atoms with E-state index in [9.17, 15) is 5.11 Å². The van der Waals surface area contributed by atoms with E-state index in [1.54, 1.807) is 14.2 Å². The summed E-state index contributed by atoms with van der Waals surface area (Å²) >= 11 is 0. The number of ether oxygens (including phenoxy) is 2. The van der Waals surface area contributed by atoms with Gasteiger partial charge in [0.15, 0.2) is 11.5 Å². The van der Waals surface area contributed by atoms with E-state index in [0.29, 0.717) is 12.3 Å². The standard InChI is InChI=1S/C17H26O3/c1-12-4-7-14(8-5-12)15(18)10-13-6-9-16(19-2)17(11-13)20-3/h6,9,11-12,14-15,18H,4-5,7-8,10H2,1-3H3. The highest BCUT2D eigenvalue weighted by Gasteiger charge is 2.24. The lowest BCUT2D eigenvalue weighted by atomic mass is 9.79. The normalized spacial score (nSPS) is 24.2. The van der Waals surface area contributed by atoms with Gasteiger partial charge in [0.1, 0.15) is 0 Å². The highest BCUT2D eigenvalue weighted by molar-refractivity contribution is 5.43. The Kier molecular flexibility index (Phi) is 5.30. The first-order valence-electron chi connectivity index (χ1n) is 7.53. The quantitative estimate of drug-likeness (QED) is 0.896. The molecule has 1 aliphatic carbocycles. The molecule has 1 fully saturated rings. The summed E-state index contributed by atoms with van der Waals surface area (Å²) in [6, 6.07) is 5.88. The third-order valence-corrected chi connectivity index (χ3v) is 4.50. The Morgan fingerprint density at radius 1 is 1.10 bits per heavy atom. The second kappa shape index (κ2) is 6.98. The van der Waals surface area contributed by atoms with Gasteiger partial charge < -0.3 is 14.6 Å². The Hall–Kier alpha value is -1.22. The lowest BCUT2D eigenvalue weighted by Crippen LogP contribution is -2.26. The Morgan fingerprint density at radius 2 is 1.75 bits per heavy atom. The molecule has 0 spiro atoms. The minimum absolute atomic E-state index is 0.249. The fourth-order valence-electron chi connectivity index (χ4n) is 3.09. The molecule has 1 unspecified atom stereocenters. The second-order valence-electron chi connectivity index (χ2n) is 5.98. The number of aliphatic hydroxyl groups excluding tert-OH is 1. The predicted octanol–water partition coefficient (Wildman–Crippen LogP) is 3.43. The summed E-state index contributed by atoms with van der Waals surface area (Å²) in [5, 5.41) is 10.4. The number of benzene rings is 1. The molecule has 1 aliphatic rings. The van der Waals surface area contributed by atoms with Crippen LogP contribution in [0.5, 0.6) is 11.5 Å². The molecular weight excluding hydrogens is 252 g/mol. The van der Waals surface area contributed by atoms with Gasteiger partial charge in [0.2, 0.25) is 0 Å². The van der Waals surface area contributed by atoms with Gasteiger partial charge in [-0.25, -0.2) is 0 Å². The molecule has 1 saturated carbocycles. The van der Waals surface area contributed by atoms with Crippen molar-refractivity contribution in [3.8, 4) is 11.5 Å². The van der Waals surface area contributed by atoms with Gasteiger partial charge in [0.05, 0.1) is 20.3 Å². The van der Waals surface area contributed by atoms with Crippen molar-refractivity contribution in [2.45, 2.75) is 45.1 Å². The number of hydrogen-bond donors (Lipinski definition) is 1. The Bertz CT molecular complexity index is 422. The number of rotatable bonds is 5. The van der Waals surface area contributed by atoms with Crippen molar-refractivity contribution in [1.82, 2.24) is 0 Å². The van der Waals surface area contributed by atoms with Gasteiger partial charge in [-0.3, -0.25) is 0 Å². The van der Waals surface area contributed by atoms with E-state index in [1.165, 1.54) is 12.8 Å². The first-order chi connectivity index (χ1) is 9.63. The van der Waals surface area contributed by atoms with E-state index in [4.69, 9.17) is 9.47 Å². The van der Waals surface area contributed by atoms with Crippen LogP contribution in [0.1, 0.15) is 38.2 Å². The average Bonchev–Trinajstić information content (AvgIpc) is 2.47. The molecule has 3 nitrogen and oxygen atoms in total. The average molecular weight is 278 g/mol. The molecule has 1 aromatic carbocycles. The second-order valence-corrected chi connectivity index (χ2v) is 5.98. The highest BCUT2D eigenvalue weighted by Crippen LogP contribution is 2.33. The van der Waals surface area contributed by atoms with E-state index in [-0.39, 0.29) is 6.10 Å². The molecule has 20 heavy (non-hydrogen) atoms. The van der Waals surface area contributed by atoms with Crippen molar-refractivity contribution in [1.29, 1.82) is 0 Å². The van der Waals surface area contributed by atoms with Crippen LogP contribution < -0.4 is 9.47 Å². The lowest BCUT2D eigenvalue weighted by Gasteiger charge is -2.30. The topological polar surface area (TPSA) is 38.7 Å². The molecular formula is C17H26O3.